The van der Waals surface area contributed by atoms with Crippen molar-refractivity contribution in [3.63, 3.8) is 0 Å². The predicted octanol–water partition coefficient (Wildman–Crippen LogP) is 1.79. The minimum Gasteiger partial charge on any atom is -0.495 e. The fraction of sp³-hybridized carbons (Fsp3) is 0.583. The number of piperidine rings is 2. The molecule has 3 heterocycles. The molecule has 4 amide bonds. The highest BCUT2D eigenvalue weighted by Crippen LogP contribution is 2.34. The van der Waals surface area contributed by atoms with Crippen LogP contribution in [-0.2, 0) is 9.59 Å². The number of aliphatic carboxylic acids is 1. The normalized spacial score (nSPS) is 20.9. The van der Waals surface area contributed by atoms with Gasteiger partial charge in [0, 0.05) is 31.6 Å². The molecule has 3 aliphatic heterocycles. The number of carboxylic acids is 1. The molecule has 184 valence electrons. The molecule has 0 radical (unpaired) electrons. The topological polar surface area (TPSA) is 119 Å². The van der Waals surface area contributed by atoms with Crippen LogP contribution in [-0.4, -0.2) is 85.1 Å². The summed E-state index contributed by atoms with van der Waals surface area (Å²) in [5.41, 5.74) is 0.960. The van der Waals surface area contributed by atoms with E-state index in [-0.39, 0.29) is 31.3 Å². The summed E-state index contributed by atoms with van der Waals surface area (Å²) >= 11 is 0. The molecule has 0 aromatic heterocycles. The van der Waals surface area contributed by atoms with Crippen LogP contribution in [0.15, 0.2) is 18.2 Å². The summed E-state index contributed by atoms with van der Waals surface area (Å²) in [6, 6.07) is 4.54. The third-order valence-electron chi connectivity index (χ3n) is 7.26. The summed E-state index contributed by atoms with van der Waals surface area (Å²) < 4.78 is 5.40. The number of urea groups is 1. The lowest BCUT2D eigenvalue weighted by Gasteiger charge is -2.40. The number of nitrogens with one attached hydrogen (secondary N) is 1. The number of carbonyl (C=O) groups is 4. The van der Waals surface area contributed by atoms with Crippen LogP contribution >= 0.6 is 0 Å². The third-order valence-corrected chi connectivity index (χ3v) is 7.26. The Kier molecular flexibility index (Phi) is 7.35. The molecule has 0 atom stereocenters. The van der Waals surface area contributed by atoms with Crippen molar-refractivity contribution in [3.8, 4) is 5.75 Å². The summed E-state index contributed by atoms with van der Waals surface area (Å²) in [7, 11) is 1.50. The smallest absolute Gasteiger partial charge is 0.328 e. The molecule has 2 N–H and O–H groups in total. The first kappa shape index (κ1) is 24.0. The van der Waals surface area contributed by atoms with Crippen molar-refractivity contribution in [2.45, 2.75) is 32.1 Å². The minimum absolute atomic E-state index is 0.0767. The number of benzene rings is 1. The molecule has 0 bridgehead atoms. The molecule has 0 unspecified atom stereocenters. The lowest BCUT2D eigenvalue weighted by atomic mass is 9.78. The zero-order valence-corrected chi connectivity index (χ0v) is 19.5. The Hall–Kier alpha value is -3.14. The molecule has 10 heteroatoms. The number of rotatable bonds is 6. The number of nitrogens with zero attached hydrogens (tertiary/aromatic N) is 3. The van der Waals surface area contributed by atoms with Gasteiger partial charge in [0.2, 0.25) is 5.91 Å². The quantitative estimate of drug-likeness (QED) is 0.648. The second-order valence-corrected chi connectivity index (χ2v) is 9.28. The zero-order chi connectivity index (χ0) is 24.2. The number of ether oxygens (including phenoxy) is 1. The molecule has 34 heavy (non-hydrogen) atoms. The minimum atomic E-state index is -0.777. The Labute approximate surface area is 198 Å². The first-order valence-corrected chi connectivity index (χ1v) is 11.9. The summed E-state index contributed by atoms with van der Waals surface area (Å²) in [5.74, 6) is 0.428. The average Bonchev–Trinajstić information content (AvgIpc) is 2.83. The van der Waals surface area contributed by atoms with Crippen molar-refractivity contribution in [2.75, 3.05) is 51.3 Å². The van der Waals surface area contributed by atoms with E-state index in [0.29, 0.717) is 41.9 Å². The SMILES string of the molecule is COc1ccc(C(=O)N2CCC(C3CCN(CC(=O)O)CC3)CC2)cc1N1CCC(=O)NC1=O. The van der Waals surface area contributed by atoms with Gasteiger partial charge in [-0.05, 0) is 68.8 Å². The van der Waals surface area contributed by atoms with Gasteiger partial charge in [0.15, 0.2) is 0 Å². The molecule has 0 aliphatic carbocycles. The Balaban J connectivity index is 1.36. The van der Waals surface area contributed by atoms with Crippen molar-refractivity contribution in [3.05, 3.63) is 23.8 Å². The first-order valence-electron chi connectivity index (χ1n) is 11.9. The second kappa shape index (κ2) is 10.4. The van der Waals surface area contributed by atoms with Gasteiger partial charge in [-0.3, -0.25) is 29.5 Å². The maximum absolute atomic E-state index is 13.2. The van der Waals surface area contributed by atoms with Crippen LogP contribution in [0, 0.1) is 11.8 Å². The van der Waals surface area contributed by atoms with Crippen LogP contribution in [0.25, 0.3) is 0 Å². The molecule has 0 saturated carbocycles. The molecule has 10 nitrogen and oxygen atoms in total. The molecule has 3 saturated heterocycles. The number of amides is 4. The van der Waals surface area contributed by atoms with Crippen LogP contribution in [0.3, 0.4) is 0 Å². The van der Waals surface area contributed by atoms with Crippen LogP contribution in [0.1, 0.15) is 42.5 Å². The van der Waals surface area contributed by atoms with Crippen molar-refractivity contribution >= 4 is 29.5 Å². The number of carbonyl (C=O) groups excluding carboxylic acids is 3. The standard InChI is InChI=1S/C24H32N4O6/c1-34-20-3-2-18(14-19(20)28-13-8-21(29)25-24(28)33)23(32)27-11-6-17(7-12-27)16-4-9-26(10-5-16)15-22(30)31/h2-3,14,16-17H,4-13,15H2,1H3,(H,30,31)(H,25,29,33). The van der Waals surface area contributed by atoms with E-state index in [1.807, 2.05) is 9.80 Å². The summed E-state index contributed by atoms with van der Waals surface area (Å²) in [5, 5.41) is 11.3. The number of hydrogen-bond donors (Lipinski definition) is 2. The van der Waals surface area contributed by atoms with Crippen LogP contribution in [0.2, 0.25) is 0 Å². The van der Waals surface area contributed by atoms with Crippen molar-refractivity contribution in [1.82, 2.24) is 15.1 Å². The Bertz CT molecular complexity index is 951. The third kappa shape index (κ3) is 5.32. The molecule has 1 aromatic carbocycles. The van der Waals surface area contributed by atoms with E-state index in [4.69, 9.17) is 9.84 Å². The summed E-state index contributed by atoms with van der Waals surface area (Å²) in [4.78, 5) is 53.3. The number of carboxylic acid groups (broad SMARTS) is 1. The maximum atomic E-state index is 13.2. The molecular formula is C24H32N4O6. The fourth-order valence-corrected chi connectivity index (χ4v) is 5.36. The van der Waals surface area contributed by atoms with E-state index >= 15 is 0 Å². The molecule has 0 spiro atoms. The van der Waals surface area contributed by atoms with Gasteiger partial charge < -0.3 is 14.7 Å². The number of hydrogen-bond acceptors (Lipinski definition) is 6. The number of imide groups is 1. The molecule has 3 aliphatic rings. The average molecular weight is 473 g/mol. The van der Waals surface area contributed by atoms with Gasteiger partial charge in [0.25, 0.3) is 5.91 Å². The van der Waals surface area contributed by atoms with Gasteiger partial charge in [-0.2, -0.15) is 0 Å². The highest BCUT2D eigenvalue weighted by molar-refractivity contribution is 6.07. The van der Waals surface area contributed by atoms with Crippen molar-refractivity contribution in [2.24, 2.45) is 11.8 Å². The van der Waals surface area contributed by atoms with Crippen molar-refractivity contribution in [1.29, 1.82) is 0 Å². The largest absolute Gasteiger partial charge is 0.495 e. The second-order valence-electron chi connectivity index (χ2n) is 9.28. The summed E-state index contributed by atoms with van der Waals surface area (Å²) in [6.07, 6.45) is 4.09. The zero-order valence-electron chi connectivity index (χ0n) is 19.5. The molecule has 3 fully saturated rings. The van der Waals surface area contributed by atoms with Gasteiger partial charge in [-0.1, -0.05) is 0 Å². The number of methoxy groups -OCH3 is 1. The van der Waals surface area contributed by atoms with Gasteiger partial charge in [-0.15, -0.1) is 0 Å². The highest BCUT2D eigenvalue weighted by Gasteiger charge is 2.32. The van der Waals surface area contributed by atoms with E-state index in [9.17, 15) is 19.2 Å². The van der Waals surface area contributed by atoms with Gasteiger partial charge in [0.1, 0.15) is 5.75 Å². The van der Waals surface area contributed by atoms with Crippen LogP contribution < -0.4 is 15.0 Å². The van der Waals surface area contributed by atoms with Gasteiger partial charge in [0.05, 0.1) is 19.3 Å². The Morgan fingerprint density at radius 1 is 1.03 bits per heavy atom. The van der Waals surface area contributed by atoms with E-state index in [1.165, 1.54) is 12.0 Å². The van der Waals surface area contributed by atoms with E-state index in [2.05, 4.69) is 5.32 Å². The lowest BCUT2D eigenvalue weighted by molar-refractivity contribution is -0.138. The fourth-order valence-electron chi connectivity index (χ4n) is 5.36. The molecule has 1 aromatic rings. The highest BCUT2D eigenvalue weighted by atomic mass is 16.5. The van der Waals surface area contributed by atoms with E-state index in [1.54, 1.807) is 18.2 Å². The Morgan fingerprint density at radius 2 is 1.68 bits per heavy atom. The van der Waals surface area contributed by atoms with E-state index < -0.39 is 12.0 Å². The number of likely N-dealkylation sites (tertiary alicyclic amines) is 2. The lowest BCUT2D eigenvalue weighted by Crippen LogP contribution is -2.49. The predicted molar refractivity (Wildman–Crippen MR) is 124 cm³/mol. The molecule has 4 rings (SSSR count). The Morgan fingerprint density at radius 3 is 2.26 bits per heavy atom. The van der Waals surface area contributed by atoms with E-state index in [0.717, 1.165) is 38.8 Å². The molecular weight excluding hydrogens is 440 g/mol. The van der Waals surface area contributed by atoms with Gasteiger partial charge in [-0.25, -0.2) is 4.79 Å². The number of anilines is 1. The summed E-state index contributed by atoms with van der Waals surface area (Å²) in [6.45, 7) is 3.34. The van der Waals surface area contributed by atoms with Crippen LogP contribution in [0.5, 0.6) is 5.75 Å². The monoisotopic (exact) mass is 472 g/mol. The first-order chi connectivity index (χ1) is 16.4. The van der Waals surface area contributed by atoms with Crippen molar-refractivity contribution < 1.29 is 29.0 Å². The van der Waals surface area contributed by atoms with Crippen LogP contribution in [0.4, 0.5) is 10.5 Å². The van der Waals surface area contributed by atoms with Gasteiger partial charge >= 0.3 is 12.0 Å². The maximum Gasteiger partial charge on any atom is 0.328 e.